The molecule has 0 fully saturated rings. The number of fused-ring (bicyclic) bond motifs is 1. The second-order valence-electron chi connectivity index (χ2n) is 5.99. The van der Waals surface area contributed by atoms with Gasteiger partial charge < -0.3 is 10.4 Å². The quantitative estimate of drug-likeness (QED) is 0.469. The molecule has 1 aromatic heterocycles. The highest BCUT2D eigenvalue weighted by Crippen LogP contribution is 2.19. The normalized spacial score (nSPS) is 10.8. The molecule has 28 heavy (non-hydrogen) atoms. The molecule has 3 aromatic rings. The number of thioether (sulfide) groups is 1. The Balaban J connectivity index is 1.63. The van der Waals surface area contributed by atoms with E-state index in [2.05, 4.69) is 10.3 Å². The lowest BCUT2D eigenvalue weighted by Gasteiger charge is -2.11. The van der Waals surface area contributed by atoms with E-state index in [4.69, 9.17) is 5.11 Å². The highest BCUT2D eigenvalue weighted by atomic mass is 32.2. The first-order valence-corrected chi connectivity index (χ1v) is 9.73. The molecule has 1 heterocycles. The Morgan fingerprint density at radius 3 is 2.54 bits per heavy atom. The van der Waals surface area contributed by atoms with Crippen LogP contribution in [-0.2, 0) is 11.3 Å². The summed E-state index contributed by atoms with van der Waals surface area (Å²) in [7, 11) is 0. The first-order valence-electron chi connectivity index (χ1n) is 8.75. The summed E-state index contributed by atoms with van der Waals surface area (Å²) in [5.41, 5.74) is 1.25. The van der Waals surface area contributed by atoms with Crippen molar-refractivity contribution in [1.29, 1.82) is 0 Å². The molecule has 0 radical (unpaired) electrons. The second kappa shape index (κ2) is 8.71. The van der Waals surface area contributed by atoms with Gasteiger partial charge in [-0.15, -0.1) is 0 Å². The van der Waals surface area contributed by atoms with Gasteiger partial charge in [0, 0.05) is 24.4 Å². The van der Waals surface area contributed by atoms with Crippen molar-refractivity contribution in [3.05, 3.63) is 64.4 Å². The minimum atomic E-state index is -1.01. The van der Waals surface area contributed by atoms with Crippen LogP contribution in [0.25, 0.3) is 10.9 Å². The second-order valence-corrected chi connectivity index (χ2v) is 7.05. The zero-order chi connectivity index (χ0) is 20.1. The van der Waals surface area contributed by atoms with Crippen LogP contribution in [0, 0.1) is 0 Å². The topological polar surface area (TPSA) is 101 Å². The molecule has 0 saturated carbocycles. The highest BCUT2D eigenvalue weighted by molar-refractivity contribution is 7.99. The van der Waals surface area contributed by atoms with Gasteiger partial charge in [-0.3, -0.25) is 14.2 Å². The van der Waals surface area contributed by atoms with E-state index in [0.29, 0.717) is 34.0 Å². The van der Waals surface area contributed by atoms with Crippen molar-refractivity contribution in [2.24, 2.45) is 0 Å². The van der Waals surface area contributed by atoms with E-state index >= 15 is 0 Å². The molecular formula is C20H19N3O4S. The molecular weight excluding hydrogens is 378 g/mol. The molecule has 0 spiro atoms. The molecule has 0 unspecified atom stereocenters. The SMILES string of the molecule is CCn1c(SCCC(=O)Nc2ccc(C(=O)O)cc2)nc2ccccc2c1=O. The molecule has 0 bridgehead atoms. The van der Waals surface area contributed by atoms with Crippen LogP contribution in [0.5, 0.6) is 0 Å². The number of carbonyl (C=O) groups excluding carboxylic acids is 1. The standard InChI is InChI=1S/C20H19N3O4S/c1-2-23-18(25)15-5-3-4-6-16(15)22-20(23)28-12-11-17(24)21-14-9-7-13(8-10-14)19(26)27/h3-10H,2,11-12H2,1H3,(H,21,24)(H,26,27). The smallest absolute Gasteiger partial charge is 0.335 e. The van der Waals surface area contributed by atoms with E-state index in [9.17, 15) is 14.4 Å². The zero-order valence-corrected chi connectivity index (χ0v) is 16.0. The maximum Gasteiger partial charge on any atom is 0.335 e. The summed E-state index contributed by atoms with van der Waals surface area (Å²) in [6.07, 6.45) is 0.234. The minimum Gasteiger partial charge on any atom is -0.478 e. The maximum atomic E-state index is 12.6. The van der Waals surface area contributed by atoms with Crippen molar-refractivity contribution in [2.45, 2.75) is 25.0 Å². The van der Waals surface area contributed by atoms with Crippen LogP contribution in [-0.4, -0.2) is 32.3 Å². The molecule has 0 saturated heterocycles. The number of carboxylic acids is 1. The van der Waals surface area contributed by atoms with Crippen molar-refractivity contribution < 1.29 is 14.7 Å². The summed E-state index contributed by atoms with van der Waals surface area (Å²) in [5.74, 6) is -0.745. The average molecular weight is 397 g/mol. The van der Waals surface area contributed by atoms with Crippen LogP contribution in [0.15, 0.2) is 58.5 Å². The number of para-hydroxylation sites is 1. The fourth-order valence-electron chi connectivity index (χ4n) is 2.69. The van der Waals surface area contributed by atoms with Crippen LogP contribution in [0.2, 0.25) is 0 Å². The summed E-state index contributed by atoms with van der Waals surface area (Å²) >= 11 is 1.36. The number of rotatable bonds is 7. The number of aromatic carboxylic acids is 1. The molecule has 7 nitrogen and oxygen atoms in total. The van der Waals surface area contributed by atoms with Crippen LogP contribution in [0.3, 0.4) is 0 Å². The lowest BCUT2D eigenvalue weighted by atomic mass is 10.2. The Morgan fingerprint density at radius 2 is 1.86 bits per heavy atom. The van der Waals surface area contributed by atoms with Crippen LogP contribution in [0.1, 0.15) is 23.7 Å². The number of amides is 1. The van der Waals surface area contributed by atoms with Crippen molar-refractivity contribution in [2.75, 3.05) is 11.1 Å². The van der Waals surface area contributed by atoms with Gasteiger partial charge in [0.2, 0.25) is 5.91 Å². The van der Waals surface area contributed by atoms with Gasteiger partial charge in [-0.25, -0.2) is 9.78 Å². The Hall–Kier alpha value is -3.13. The highest BCUT2D eigenvalue weighted by Gasteiger charge is 2.11. The molecule has 0 aliphatic heterocycles. The van der Waals surface area contributed by atoms with Gasteiger partial charge >= 0.3 is 5.97 Å². The first-order chi connectivity index (χ1) is 13.5. The minimum absolute atomic E-state index is 0.0847. The van der Waals surface area contributed by atoms with Gasteiger partial charge in [0.25, 0.3) is 5.56 Å². The number of aromatic nitrogens is 2. The van der Waals surface area contributed by atoms with Crippen LogP contribution >= 0.6 is 11.8 Å². The monoisotopic (exact) mass is 397 g/mol. The fourth-order valence-corrected chi connectivity index (χ4v) is 3.69. The van der Waals surface area contributed by atoms with Crippen molar-refractivity contribution in [3.63, 3.8) is 0 Å². The van der Waals surface area contributed by atoms with Crippen LogP contribution < -0.4 is 10.9 Å². The Kier molecular flexibility index (Phi) is 6.10. The van der Waals surface area contributed by atoms with E-state index in [-0.39, 0.29) is 23.5 Å². The largest absolute Gasteiger partial charge is 0.478 e. The summed E-state index contributed by atoms with van der Waals surface area (Å²) < 4.78 is 1.61. The number of nitrogens with one attached hydrogen (secondary N) is 1. The third-order valence-electron chi connectivity index (χ3n) is 4.12. The van der Waals surface area contributed by atoms with E-state index in [1.165, 1.54) is 23.9 Å². The number of carbonyl (C=O) groups is 2. The van der Waals surface area contributed by atoms with Crippen LogP contribution in [0.4, 0.5) is 5.69 Å². The van der Waals surface area contributed by atoms with Gasteiger partial charge in [-0.1, -0.05) is 23.9 Å². The predicted molar refractivity (Wildman–Crippen MR) is 109 cm³/mol. The molecule has 144 valence electrons. The number of hydrogen-bond donors (Lipinski definition) is 2. The van der Waals surface area contributed by atoms with Gasteiger partial charge in [0.1, 0.15) is 0 Å². The Bertz CT molecular complexity index is 1080. The third-order valence-corrected chi connectivity index (χ3v) is 5.10. The van der Waals surface area contributed by atoms with E-state index in [1.54, 1.807) is 28.8 Å². The lowest BCUT2D eigenvalue weighted by Crippen LogP contribution is -2.22. The summed E-state index contributed by atoms with van der Waals surface area (Å²) in [6, 6.07) is 13.2. The first kappa shape index (κ1) is 19.6. The van der Waals surface area contributed by atoms with Gasteiger partial charge in [-0.05, 0) is 43.3 Å². The van der Waals surface area contributed by atoms with E-state index in [1.807, 2.05) is 19.1 Å². The molecule has 8 heteroatoms. The maximum absolute atomic E-state index is 12.6. The fraction of sp³-hybridized carbons (Fsp3) is 0.200. The number of nitrogens with zero attached hydrogens (tertiary/aromatic N) is 2. The summed E-state index contributed by atoms with van der Waals surface area (Å²) in [5, 5.41) is 12.8. The van der Waals surface area contributed by atoms with Gasteiger partial charge in [0.05, 0.1) is 16.5 Å². The van der Waals surface area contributed by atoms with Gasteiger partial charge in [-0.2, -0.15) is 0 Å². The molecule has 3 rings (SSSR count). The molecule has 1 amide bonds. The Morgan fingerprint density at radius 1 is 1.14 bits per heavy atom. The van der Waals surface area contributed by atoms with Crippen molar-refractivity contribution >= 4 is 40.2 Å². The number of carboxylic acid groups (broad SMARTS) is 1. The van der Waals surface area contributed by atoms with Crippen molar-refractivity contribution in [1.82, 2.24) is 9.55 Å². The van der Waals surface area contributed by atoms with E-state index in [0.717, 1.165) is 0 Å². The molecule has 0 atom stereocenters. The van der Waals surface area contributed by atoms with Gasteiger partial charge in [0.15, 0.2) is 5.16 Å². The molecule has 0 aliphatic carbocycles. The van der Waals surface area contributed by atoms with E-state index < -0.39 is 5.97 Å². The van der Waals surface area contributed by atoms with Crippen molar-refractivity contribution in [3.8, 4) is 0 Å². The predicted octanol–water partition coefficient (Wildman–Crippen LogP) is 3.24. The number of hydrogen-bond acceptors (Lipinski definition) is 5. The number of benzene rings is 2. The Labute approximate surface area is 165 Å². The molecule has 2 N–H and O–H groups in total. The molecule has 2 aromatic carbocycles. The zero-order valence-electron chi connectivity index (χ0n) is 15.2. The lowest BCUT2D eigenvalue weighted by molar-refractivity contribution is -0.115. The average Bonchev–Trinajstić information content (AvgIpc) is 2.68. The number of anilines is 1. The molecule has 0 aliphatic rings. The summed E-state index contributed by atoms with van der Waals surface area (Å²) in [6.45, 7) is 2.39. The summed E-state index contributed by atoms with van der Waals surface area (Å²) in [4.78, 5) is 40.1. The third kappa shape index (κ3) is 4.40.